The molecule has 0 atom stereocenters. The summed E-state index contributed by atoms with van der Waals surface area (Å²) >= 11 is 7.40. The number of H-pyrrole nitrogens is 1. The van der Waals surface area contributed by atoms with Gasteiger partial charge in [-0.2, -0.15) is 5.10 Å². The number of hydrogen-bond donors (Lipinski definition) is 1. The minimum atomic E-state index is 0.134. The maximum atomic E-state index is 12.1. The van der Waals surface area contributed by atoms with Crippen LogP contribution in [-0.4, -0.2) is 28.1 Å². The summed E-state index contributed by atoms with van der Waals surface area (Å²) in [6.07, 6.45) is 1.22. The average Bonchev–Trinajstić information content (AvgIpc) is 2.94. The molecule has 2 aromatic heterocycles. The Balaban J connectivity index is 1.88. The number of halogens is 1. The van der Waals surface area contributed by atoms with E-state index in [4.69, 9.17) is 11.6 Å². The number of nitrogens with zero attached hydrogens (tertiary/aromatic N) is 2. The SMILES string of the molecule is Cc1n[nH]c(C)c1CCC(=O)N(C)Cc1ccc(Cl)s1. The Morgan fingerprint density at radius 3 is 2.75 bits per heavy atom. The largest absolute Gasteiger partial charge is 0.341 e. The van der Waals surface area contributed by atoms with Gasteiger partial charge >= 0.3 is 0 Å². The molecule has 2 heterocycles. The molecule has 1 N–H and O–H groups in total. The average molecular weight is 312 g/mol. The first-order valence-corrected chi connectivity index (χ1v) is 7.65. The molecule has 1 amide bonds. The molecule has 0 saturated heterocycles. The molecule has 6 heteroatoms. The lowest BCUT2D eigenvalue weighted by Gasteiger charge is -2.16. The Hall–Kier alpha value is -1.33. The topological polar surface area (TPSA) is 49.0 Å². The Labute approximate surface area is 127 Å². The van der Waals surface area contributed by atoms with Crippen molar-refractivity contribution in [3.05, 3.63) is 38.3 Å². The van der Waals surface area contributed by atoms with Crippen molar-refractivity contribution in [1.29, 1.82) is 0 Å². The summed E-state index contributed by atoms with van der Waals surface area (Å²) < 4.78 is 0.755. The Morgan fingerprint density at radius 1 is 1.45 bits per heavy atom. The minimum Gasteiger partial charge on any atom is -0.341 e. The van der Waals surface area contributed by atoms with E-state index in [-0.39, 0.29) is 5.91 Å². The summed E-state index contributed by atoms with van der Waals surface area (Å²) in [5.74, 6) is 0.134. The van der Waals surface area contributed by atoms with Crippen LogP contribution in [0.1, 0.15) is 28.2 Å². The Morgan fingerprint density at radius 2 is 2.20 bits per heavy atom. The first-order chi connectivity index (χ1) is 9.47. The summed E-state index contributed by atoms with van der Waals surface area (Å²) in [7, 11) is 1.82. The zero-order chi connectivity index (χ0) is 14.7. The third kappa shape index (κ3) is 3.61. The maximum absolute atomic E-state index is 12.1. The number of carbonyl (C=O) groups excluding carboxylic acids is 1. The molecule has 108 valence electrons. The van der Waals surface area contributed by atoms with Gasteiger partial charge in [-0.05, 0) is 38.0 Å². The van der Waals surface area contributed by atoms with E-state index in [1.807, 2.05) is 33.0 Å². The number of hydrogen-bond acceptors (Lipinski definition) is 3. The van der Waals surface area contributed by atoms with E-state index in [9.17, 15) is 4.79 Å². The number of aromatic nitrogens is 2. The van der Waals surface area contributed by atoms with Crippen LogP contribution in [0.2, 0.25) is 4.34 Å². The van der Waals surface area contributed by atoms with E-state index >= 15 is 0 Å². The number of thiophene rings is 1. The van der Waals surface area contributed by atoms with Crippen LogP contribution in [0.5, 0.6) is 0 Å². The highest BCUT2D eigenvalue weighted by molar-refractivity contribution is 7.16. The number of amides is 1. The summed E-state index contributed by atoms with van der Waals surface area (Å²) in [5.41, 5.74) is 3.16. The zero-order valence-corrected chi connectivity index (χ0v) is 13.4. The van der Waals surface area contributed by atoms with Crippen LogP contribution < -0.4 is 0 Å². The van der Waals surface area contributed by atoms with Gasteiger partial charge < -0.3 is 4.90 Å². The van der Waals surface area contributed by atoms with Gasteiger partial charge in [-0.15, -0.1) is 11.3 Å². The maximum Gasteiger partial charge on any atom is 0.222 e. The second kappa shape index (κ2) is 6.41. The quantitative estimate of drug-likeness (QED) is 0.920. The van der Waals surface area contributed by atoms with Crippen molar-refractivity contribution in [2.45, 2.75) is 33.2 Å². The molecule has 2 rings (SSSR count). The van der Waals surface area contributed by atoms with E-state index in [1.54, 1.807) is 4.90 Å². The van der Waals surface area contributed by atoms with E-state index in [0.29, 0.717) is 13.0 Å². The van der Waals surface area contributed by atoms with Crippen molar-refractivity contribution >= 4 is 28.8 Å². The fraction of sp³-hybridized carbons (Fsp3) is 0.429. The molecular formula is C14H18ClN3OS. The molecule has 0 aliphatic rings. The standard InChI is InChI=1S/C14H18ClN3OS/c1-9-12(10(2)17-16-9)5-7-14(19)18(3)8-11-4-6-13(15)20-11/h4,6H,5,7-8H2,1-3H3,(H,16,17). The van der Waals surface area contributed by atoms with Gasteiger partial charge in [-0.3, -0.25) is 9.89 Å². The Kier molecular flexibility index (Phi) is 4.83. The molecule has 0 aromatic carbocycles. The highest BCUT2D eigenvalue weighted by Gasteiger charge is 2.13. The fourth-order valence-corrected chi connectivity index (χ4v) is 3.26. The second-order valence-electron chi connectivity index (χ2n) is 4.87. The molecule has 20 heavy (non-hydrogen) atoms. The summed E-state index contributed by atoms with van der Waals surface area (Å²) in [6.45, 7) is 4.55. The van der Waals surface area contributed by atoms with Gasteiger partial charge in [0.1, 0.15) is 0 Å². The molecule has 0 radical (unpaired) electrons. The monoisotopic (exact) mass is 311 g/mol. The van der Waals surface area contributed by atoms with Crippen molar-refractivity contribution in [3.63, 3.8) is 0 Å². The summed E-state index contributed by atoms with van der Waals surface area (Å²) in [4.78, 5) is 15.0. The van der Waals surface area contributed by atoms with Crippen LogP contribution in [0.25, 0.3) is 0 Å². The highest BCUT2D eigenvalue weighted by Crippen LogP contribution is 2.22. The highest BCUT2D eigenvalue weighted by atomic mass is 35.5. The van der Waals surface area contributed by atoms with Crippen molar-refractivity contribution in [1.82, 2.24) is 15.1 Å². The van der Waals surface area contributed by atoms with Crippen LogP contribution in [-0.2, 0) is 17.8 Å². The van der Waals surface area contributed by atoms with Crippen molar-refractivity contribution in [2.75, 3.05) is 7.05 Å². The number of aryl methyl sites for hydroxylation is 2. The normalized spacial score (nSPS) is 10.8. The lowest BCUT2D eigenvalue weighted by molar-refractivity contribution is -0.130. The number of aromatic amines is 1. The smallest absolute Gasteiger partial charge is 0.222 e. The summed E-state index contributed by atoms with van der Waals surface area (Å²) in [6, 6.07) is 3.82. The molecule has 4 nitrogen and oxygen atoms in total. The first kappa shape index (κ1) is 15.1. The van der Waals surface area contributed by atoms with Crippen molar-refractivity contribution in [2.24, 2.45) is 0 Å². The zero-order valence-electron chi connectivity index (χ0n) is 11.9. The van der Waals surface area contributed by atoms with E-state index in [0.717, 1.165) is 32.6 Å². The first-order valence-electron chi connectivity index (χ1n) is 6.46. The van der Waals surface area contributed by atoms with Crippen molar-refractivity contribution in [3.8, 4) is 0 Å². The number of carbonyl (C=O) groups is 1. The molecule has 0 aliphatic heterocycles. The third-order valence-corrected chi connectivity index (χ3v) is 4.53. The molecule has 0 bridgehead atoms. The molecule has 0 unspecified atom stereocenters. The lowest BCUT2D eigenvalue weighted by atomic mass is 10.1. The van der Waals surface area contributed by atoms with Gasteiger partial charge in [-0.25, -0.2) is 0 Å². The number of rotatable bonds is 5. The lowest BCUT2D eigenvalue weighted by Crippen LogP contribution is -2.26. The van der Waals surface area contributed by atoms with Crippen molar-refractivity contribution < 1.29 is 4.79 Å². The minimum absolute atomic E-state index is 0.134. The third-order valence-electron chi connectivity index (χ3n) is 3.32. The van der Waals surface area contributed by atoms with Gasteiger partial charge in [0.15, 0.2) is 0 Å². The van der Waals surface area contributed by atoms with E-state index < -0.39 is 0 Å². The fourth-order valence-electron chi connectivity index (χ4n) is 2.12. The molecule has 0 aliphatic carbocycles. The number of nitrogens with one attached hydrogen (secondary N) is 1. The molecule has 0 saturated carbocycles. The van der Waals surface area contributed by atoms with E-state index in [2.05, 4.69) is 10.2 Å². The predicted molar refractivity (Wildman–Crippen MR) is 82.2 cm³/mol. The van der Waals surface area contributed by atoms with E-state index in [1.165, 1.54) is 11.3 Å². The van der Waals surface area contributed by atoms with Gasteiger partial charge in [0.05, 0.1) is 16.6 Å². The van der Waals surface area contributed by atoms with Gasteiger partial charge in [0.25, 0.3) is 0 Å². The van der Waals surface area contributed by atoms with Crippen LogP contribution in [0.3, 0.4) is 0 Å². The van der Waals surface area contributed by atoms with Gasteiger partial charge in [-0.1, -0.05) is 11.6 Å². The molecule has 0 spiro atoms. The van der Waals surface area contributed by atoms with Crippen LogP contribution in [0.4, 0.5) is 0 Å². The van der Waals surface area contributed by atoms with Crippen LogP contribution in [0.15, 0.2) is 12.1 Å². The van der Waals surface area contributed by atoms with Gasteiger partial charge in [0.2, 0.25) is 5.91 Å². The molecule has 0 fully saturated rings. The van der Waals surface area contributed by atoms with Gasteiger partial charge in [0, 0.05) is 24.0 Å². The van der Waals surface area contributed by atoms with Crippen LogP contribution in [0, 0.1) is 13.8 Å². The second-order valence-corrected chi connectivity index (χ2v) is 6.67. The van der Waals surface area contributed by atoms with Crippen LogP contribution >= 0.6 is 22.9 Å². The summed E-state index contributed by atoms with van der Waals surface area (Å²) in [5, 5.41) is 7.09. The predicted octanol–water partition coefficient (Wildman–Crippen LogP) is 3.33. The Bertz CT molecular complexity index is 586. The molecular weight excluding hydrogens is 294 g/mol. The molecule has 2 aromatic rings.